The van der Waals surface area contributed by atoms with E-state index in [2.05, 4.69) is 25.3 Å². The van der Waals surface area contributed by atoms with Gasteiger partial charge < -0.3 is 14.8 Å². The summed E-state index contributed by atoms with van der Waals surface area (Å²) in [6.45, 7) is 5.69. The van der Waals surface area contributed by atoms with Gasteiger partial charge in [-0.2, -0.15) is 0 Å². The molecule has 0 saturated carbocycles. The number of amides is 1. The Labute approximate surface area is 342 Å². The molecule has 0 unspecified atom stereocenters. The van der Waals surface area contributed by atoms with Crippen LogP contribution < -0.4 is 21.3 Å². The standard InChI is InChI=1S/C41H40F2N8O8S/c1-41(2,3)23-59-39(54)32(12-6-24-7-13-36(47-18-24)51-38(53)28-14-15-44-21-34(28)50(4)40(51)55)48-37(52)29-16-31(43)33(17-30(29)42)49-60(56,57)27-10-8-25(9-11-27)26-19-45-35(22-58-5)46-20-26/h7-11,13-21,32,49H,6,12,22-23H2,1-5H3,(H,48,52)/t32-/m0/s1. The largest absolute Gasteiger partial charge is 0.464 e. The van der Waals surface area contributed by atoms with Gasteiger partial charge in [-0.15, -0.1) is 0 Å². The van der Waals surface area contributed by atoms with Crippen LogP contribution in [0.5, 0.6) is 0 Å². The number of ether oxygens (including phenoxy) is 2. The molecule has 0 fully saturated rings. The van der Waals surface area contributed by atoms with Gasteiger partial charge in [0.15, 0.2) is 5.82 Å². The molecule has 4 aromatic heterocycles. The van der Waals surface area contributed by atoms with Crippen LogP contribution in [-0.4, -0.2) is 69.1 Å². The molecular formula is C41H40F2N8O8S. The zero-order valence-corrected chi connectivity index (χ0v) is 33.9. The van der Waals surface area contributed by atoms with E-state index >= 15 is 8.78 Å². The van der Waals surface area contributed by atoms with Gasteiger partial charge >= 0.3 is 11.7 Å². The second-order valence-electron chi connectivity index (χ2n) is 14.9. The van der Waals surface area contributed by atoms with Crippen molar-refractivity contribution in [3.8, 4) is 16.9 Å². The quantitative estimate of drug-likeness (QED) is 0.146. The van der Waals surface area contributed by atoms with Crippen molar-refractivity contribution in [2.45, 2.75) is 51.2 Å². The van der Waals surface area contributed by atoms with Crippen LogP contribution in [0.4, 0.5) is 14.5 Å². The summed E-state index contributed by atoms with van der Waals surface area (Å²) in [4.78, 5) is 69.3. The number of sulfonamides is 1. The number of hydrogen-bond donors (Lipinski definition) is 2. The van der Waals surface area contributed by atoms with Gasteiger partial charge in [0.1, 0.15) is 30.1 Å². The fourth-order valence-electron chi connectivity index (χ4n) is 5.91. The Morgan fingerprint density at radius 3 is 2.27 bits per heavy atom. The molecule has 2 N–H and O–H groups in total. The highest BCUT2D eigenvalue weighted by Crippen LogP contribution is 2.26. The summed E-state index contributed by atoms with van der Waals surface area (Å²) < 4.78 is 71.9. The first-order valence-corrected chi connectivity index (χ1v) is 19.8. The number of rotatable bonds is 14. The number of aryl methyl sites for hydroxylation is 2. The average Bonchev–Trinajstić information content (AvgIpc) is 3.22. The number of pyridine rings is 2. The summed E-state index contributed by atoms with van der Waals surface area (Å²) in [5.74, 6) is -4.02. The number of nitrogens with one attached hydrogen (secondary N) is 2. The molecule has 0 radical (unpaired) electrons. The summed E-state index contributed by atoms with van der Waals surface area (Å²) in [5, 5.41) is 2.68. The molecular weight excluding hydrogens is 803 g/mol. The number of anilines is 1. The third-order valence-corrected chi connectivity index (χ3v) is 10.5. The second kappa shape index (κ2) is 17.6. The monoisotopic (exact) mass is 842 g/mol. The Hall–Kier alpha value is -6.73. The lowest BCUT2D eigenvalue weighted by Crippen LogP contribution is -2.43. The molecule has 2 aromatic carbocycles. The summed E-state index contributed by atoms with van der Waals surface area (Å²) in [7, 11) is -1.41. The maximum atomic E-state index is 15.5. The number of carbonyl (C=O) groups excluding carboxylic acids is 2. The van der Waals surface area contributed by atoms with E-state index in [1.807, 2.05) is 25.5 Å². The van der Waals surface area contributed by atoms with Crippen molar-refractivity contribution in [3.05, 3.63) is 135 Å². The molecule has 0 aliphatic carbocycles. The molecule has 60 heavy (non-hydrogen) atoms. The number of fused-ring (bicyclic) bond motifs is 1. The molecule has 1 atom stereocenters. The number of nitrogens with zero attached hydrogens (tertiary/aromatic N) is 6. The summed E-state index contributed by atoms with van der Waals surface area (Å²) in [5.41, 5.74) is -1.11. The van der Waals surface area contributed by atoms with Gasteiger partial charge in [0.05, 0.1) is 39.9 Å². The van der Waals surface area contributed by atoms with Crippen LogP contribution in [0.3, 0.4) is 0 Å². The highest BCUT2D eigenvalue weighted by molar-refractivity contribution is 7.92. The Morgan fingerprint density at radius 2 is 1.62 bits per heavy atom. The van der Waals surface area contributed by atoms with Crippen molar-refractivity contribution in [3.63, 3.8) is 0 Å². The number of hydrogen-bond acceptors (Lipinski definition) is 12. The first kappa shape index (κ1) is 42.9. The summed E-state index contributed by atoms with van der Waals surface area (Å²) in [6, 6.07) is 9.78. The minimum atomic E-state index is -4.42. The fraction of sp³-hybridized carbons (Fsp3) is 0.268. The van der Waals surface area contributed by atoms with Crippen LogP contribution in [0.25, 0.3) is 27.8 Å². The molecule has 19 heteroatoms. The lowest BCUT2D eigenvalue weighted by atomic mass is 9.98. The molecule has 4 heterocycles. The molecule has 0 bridgehead atoms. The van der Waals surface area contributed by atoms with E-state index in [9.17, 15) is 27.6 Å². The Morgan fingerprint density at radius 1 is 0.900 bits per heavy atom. The van der Waals surface area contributed by atoms with Gasteiger partial charge in [0.2, 0.25) is 0 Å². The molecule has 16 nitrogen and oxygen atoms in total. The number of aromatic nitrogens is 6. The zero-order valence-electron chi connectivity index (χ0n) is 33.1. The predicted octanol–water partition coefficient (Wildman–Crippen LogP) is 4.48. The van der Waals surface area contributed by atoms with E-state index in [4.69, 9.17) is 9.47 Å². The third kappa shape index (κ3) is 9.75. The number of methoxy groups -OCH3 is 1. The summed E-state index contributed by atoms with van der Waals surface area (Å²) in [6.07, 6.45) is 7.39. The highest BCUT2D eigenvalue weighted by Gasteiger charge is 2.28. The Balaban J connectivity index is 1.16. The van der Waals surface area contributed by atoms with Crippen LogP contribution in [0.1, 0.15) is 48.9 Å². The van der Waals surface area contributed by atoms with Crippen LogP contribution in [0.15, 0.2) is 100 Å². The second-order valence-corrected chi connectivity index (χ2v) is 16.6. The normalized spacial score (nSPS) is 12.2. The molecule has 0 aliphatic heterocycles. The number of halogens is 2. The molecule has 0 spiro atoms. The van der Waals surface area contributed by atoms with Gasteiger partial charge in [-0.05, 0) is 59.7 Å². The average molecular weight is 843 g/mol. The molecule has 1 amide bonds. The number of carbonyl (C=O) groups is 2. The fourth-order valence-corrected chi connectivity index (χ4v) is 6.97. The molecule has 0 aliphatic rings. The Bertz CT molecular complexity index is 2790. The molecule has 312 valence electrons. The highest BCUT2D eigenvalue weighted by atomic mass is 32.2. The lowest BCUT2D eigenvalue weighted by molar-refractivity contribution is -0.148. The van der Waals surface area contributed by atoms with Gasteiger partial charge in [-0.3, -0.25) is 23.9 Å². The van der Waals surface area contributed by atoms with E-state index in [0.717, 1.165) is 4.57 Å². The maximum absolute atomic E-state index is 15.5. The topological polar surface area (TPSA) is 206 Å². The SMILES string of the molecule is COCc1ncc(-c2ccc(S(=O)(=O)Nc3cc(F)c(C(=O)N[C@@H](CCc4ccc(-n5c(=O)c6ccncc6n(C)c5=O)nc4)C(=O)OCC(C)(C)C)cc3F)cc2)cn1. The smallest absolute Gasteiger partial charge is 0.337 e. The molecule has 6 rings (SSSR count). The maximum Gasteiger partial charge on any atom is 0.337 e. The van der Waals surface area contributed by atoms with Crippen LogP contribution in [0, 0.1) is 17.0 Å². The number of benzene rings is 2. The first-order valence-electron chi connectivity index (χ1n) is 18.4. The van der Waals surface area contributed by atoms with Gasteiger partial charge in [-0.1, -0.05) is 39.0 Å². The summed E-state index contributed by atoms with van der Waals surface area (Å²) >= 11 is 0. The van der Waals surface area contributed by atoms with Crippen molar-refractivity contribution < 1.29 is 36.3 Å². The minimum absolute atomic E-state index is 0.0169. The van der Waals surface area contributed by atoms with Gasteiger partial charge in [0.25, 0.3) is 21.5 Å². The van der Waals surface area contributed by atoms with Gasteiger partial charge in [-0.25, -0.2) is 46.3 Å². The van der Waals surface area contributed by atoms with E-state index in [1.165, 1.54) is 73.7 Å². The predicted molar refractivity (Wildman–Crippen MR) is 216 cm³/mol. The minimum Gasteiger partial charge on any atom is -0.464 e. The lowest BCUT2D eigenvalue weighted by Gasteiger charge is -2.22. The van der Waals surface area contributed by atoms with E-state index < -0.39 is 67.5 Å². The van der Waals surface area contributed by atoms with Crippen LogP contribution >= 0.6 is 0 Å². The molecule has 6 aromatic rings. The van der Waals surface area contributed by atoms with E-state index in [1.54, 1.807) is 18.5 Å². The van der Waals surface area contributed by atoms with Crippen molar-refractivity contribution in [1.82, 2.24) is 34.4 Å². The Kier molecular flexibility index (Phi) is 12.6. The van der Waals surface area contributed by atoms with Gasteiger partial charge in [0, 0.05) is 50.6 Å². The van der Waals surface area contributed by atoms with E-state index in [0.29, 0.717) is 40.2 Å². The van der Waals surface area contributed by atoms with E-state index in [-0.39, 0.29) is 42.2 Å². The first-order chi connectivity index (χ1) is 28.5. The van der Waals surface area contributed by atoms with Crippen molar-refractivity contribution in [1.29, 1.82) is 0 Å². The molecule has 0 saturated heterocycles. The van der Waals surface area contributed by atoms with Crippen LogP contribution in [0.2, 0.25) is 0 Å². The number of esters is 1. The van der Waals surface area contributed by atoms with Crippen molar-refractivity contribution in [2.75, 3.05) is 18.4 Å². The third-order valence-electron chi connectivity index (χ3n) is 9.09. The van der Waals surface area contributed by atoms with Crippen molar-refractivity contribution in [2.24, 2.45) is 12.5 Å². The van der Waals surface area contributed by atoms with Crippen LogP contribution in [-0.2, 0) is 44.4 Å². The van der Waals surface area contributed by atoms with Crippen molar-refractivity contribution >= 4 is 38.5 Å². The zero-order chi connectivity index (χ0) is 43.4.